The minimum Gasteiger partial charge on any atom is -0.307 e. The summed E-state index contributed by atoms with van der Waals surface area (Å²) in [6.07, 6.45) is 0. The zero-order valence-corrected chi connectivity index (χ0v) is 35.9. The number of rotatable bonds is 6. The molecule has 0 N–H and O–H groups in total. The molecule has 65 heavy (non-hydrogen) atoms. The molecule has 5 heteroatoms. The quantitative estimate of drug-likeness (QED) is 0.168. The van der Waals surface area contributed by atoms with E-state index in [2.05, 4.69) is 217 Å². The molecular weight excluding hydrogens is 791 g/mol. The molecule has 0 radical (unpaired) electrons. The molecule has 0 atom stereocenters. The molecule has 0 spiro atoms. The van der Waals surface area contributed by atoms with Crippen LogP contribution in [-0.2, 0) is 5.41 Å². The summed E-state index contributed by atoms with van der Waals surface area (Å²) >= 11 is 0. The third-order valence-electron chi connectivity index (χ3n) is 13.6. The van der Waals surface area contributed by atoms with E-state index in [1.165, 1.54) is 38.8 Å². The summed E-state index contributed by atoms with van der Waals surface area (Å²) in [6, 6.07) is 76.1. The molecule has 0 fully saturated rings. The van der Waals surface area contributed by atoms with Gasteiger partial charge in [0, 0.05) is 43.7 Å². The first kappa shape index (κ1) is 37.2. The molecule has 0 unspecified atom stereocenters. The molecule has 0 saturated heterocycles. The van der Waals surface area contributed by atoms with E-state index in [0.29, 0.717) is 17.6 Å². The van der Waals surface area contributed by atoms with Crippen LogP contribution >= 0.6 is 0 Å². The van der Waals surface area contributed by atoms with E-state index in [0.717, 1.165) is 66.2 Å². The lowest BCUT2D eigenvalue weighted by molar-refractivity contribution is 0.660. The van der Waals surface area contributed by atoms with Gasteiger partial charge in [-0.1, -0.05) is 196 Å². The van der Waals surface area contributed by atoms with Crippen molar-refractivity contribution in [3.05, 3.63) is 223 Å². The second kappa shape index (κ2) is 14.3. The van der Waals surface area contributed by atoms with Crippen LogP contribution in [0.4, 0.5) is 0 Å². The van der Waals surface area contributed by atoms with Crippen molar-refractivity contribution in [1.29, 1.82) is 0 Å². The van der Waals surface area contributed by atoms with Gasteiger partial charge < -0.3 is 4.57 Å². The molecule has 3 aromatic heterocycles. The summed E-state index contributed by atoms with van der Waals surface area (Å²) in [5.41, 5.74) is 16.9. The maximum Gasteiger partial charge on any atom is 0.238 e. The van der Waals surface area contributed by atoms with Crippen molar-refractivity contribution in [2.75, 3.05) is 0 Å². The van der Waals surface area contributed by atoms with Crippen LogP contribution in [0.1, 0.15) is 25.0 Å². The van der Waals surface area contributed by atoms with Crippen LogP contribution in [0.25, 0.3) is 111 Å². The molecule has 13 rings (SSSR count). The summed E-state index contributed by atoms with van der Waals surface area (Å²) in [7, 11) is 0. The first-order valence-corrected chi connectivity index (χ1v) is 22.3. The number of hydrogen-bond donors (Lipinski definition) is 0. The molecule has 9 aromatic carbocycles. The molecule has 0 amide bonds. The average molecular weight is 832 g/mol. The molecule has 1 aliphatic rings. The summed E-state index contributed by atoms with van der Waals surface area (Å²) in [5.74, 6) is 1.81. The Kier molecular flexibility index (Phi) is 8.18. The lowest BCUT2D eigenvalue weighted by Crippen LogP contribution is -2.14. The van der Waals surface area contributed by atoms with Crippen LogP contribution in [0.2, 0.25) is 0 Å². The Morgan fingerprint density at radius 3 is 1.62 bits per heavy atom. The lowest BCUT2D eigenvalue weighted by Gasteiger charge is -2.21. The Morgan fingerprint density at radius 2 is 0.877 bits per heavy atom. The normalized spacial score (nSPS) is 12.9. The van der Waals surface area contributed by atoms with Gasteiger partial charge >= 0.3 is 0 Å². The lowest BCUT2D eigenvalue weighted by atomic mass is 9.82. The molecule has 0 aliphatic heterocycles. The Hall–Kier alpha value is -8.41. The minimum absolute atomic E-state index is 0.111. The van der Waals surface area contributed by atoms with Gasteiger partial charge in [-0.25, -0.2) is 4.98 Å². The van der Waals surface area contributed by atoms with Crippen molar-refractivity contribution in [2.24, 2.45) is 0 Å². The highest BCUT2D eigenvalue weighted by Crippen LogP contribution is 2.50. The summed E-state index contributed by atoms with van der Waals surface area (Å²) in [6.45, 7) is 4.63. The smallest absolute Gasteiger partial charge is 0.238 e. The van der Waals surface area contributed by atoms with E-state index < -0.39 is 0 Å². The van der Waals surface area contributed by atoms with Crippen LogP contribution < -0.4 is 0 Å². The van der Waals surface area contributed by atoms with Gasteiger partial charge in [0.2, 0.25) is 5.95 Å². The van der Waals surface area contributed by atoms with Gasteiger partial charge in [0.15, 0.2) is 11.6 Å². The third kappa shape index (κ3) is 5.68. The number of hydrogen-bond acceptors (Lipinski definition) is 3. The second-order valence-electron chi connectivity index (χ2n) is 17.6. The van der Waals surface area contributed by atoms with Gasteiger partial charge in [0.25, 0.3) is 0 Å². The second-order valence-corrected chi connectivity index (χ2v) is 17.6. The average Bonchev–Trinajstić information content (AvgIpc) is 3.97. The highest BCUT2D eigenvalue weighted by Gasteiger charge is 2.35. The largest absolute Gasteiger partial charge is 0.307 e. The molecule has 5 nitrogen and oxygen atoms in total. The Balaban J connectivity index is 1.11. The van der Waals surface area contributed by atoms with Crippen LogP contribution in [0.3, 0.4) is 0 Å². The monoisotopic (exact) mass is 831 g/mol. The van der Waals surface area contributed by atoms with E-state index in [1.807, 2.05) is 18.2 Å². The van der Waals surface area contributed by atoms with Gasteiger partial charge in [-0.3, -0.25) is 4.57 Å². The minimum atomic E-state index is -0.111. The number of aromatic nitrogens is 5. The number of fused-ring (bicyclic) bond motifs is 10. The fourth-order valence-electron chi connectivity index (χ4n) is 10.5. The van der Waals surface area contributed by atoms with E-state index in [1.54, 1.807) is 0 Å². The van der Waals surface area contributed by atoms with Crippen molar-refractivity contribution >= 4 is 43.6 Å². The predicted molar refractivity (Wildman–Crippen MR) is 268 cm³/mol. The van der Waals surface area contributed by atoms with Gasteiger partial charge in [-0.05, 0) is 69.3 Å². The Bertz CT molecular complexity index is 3860. The maximum atomic E-state index is 5.49. The van der Waals surface area contributed by atoms with Gasteiger partial charge in [-0.2, -0.15) is 9.97 Å². The Morgan fingerprint density at radius 1 is 0.338 bits per heavy atom. The van der Waals surface area contributed by atoms with E-state index >= 15 is 0 Å². The fourth-order valence-corrected chi connectivity index (χ4v) is 10.5. The van der Waals surface area contributed by atoms with Crippen molar-refractivity contribution in [2.45, 2.75) is 19.3 Å². The topological polar surface area (TPSA) is 48.5 Å². The van der Waals surface area contributed by atoms with E-state index in [4.69, 9.17) is 15.0 Å². The fraction of sp³-hybridized carbons (Fsp3) is 0.0500. The summed E-state index contributed by atoms with van der Waals surface area (Å²) < 4.78 is 4.75. The number of nitrogens with zero attached hydrogens (tertiary/aromatic N) is 5. The summed E-state index contributed by atoms with van der Waals surface area (Å²) in [4.78, 5) is 16.1. The summed E-state index contributed by atoms with van der Waals surface area (Å²) in [5, 5.41) is 4.59. The zero-order chi connectivity index (χ0) is 43.2. The van der Waals surface area contributed by atoms with Crippen LogP contribution in [-0.4, -0.2) is 24.1 Å². The standard InChI is InChI=1S/C60H41N5/c1-60(2)50-28-13-9-25-44(50)49-37-42(32-35-51(49)60)58-61-57(39-20-7-4-8-21-39)62-59(63-58)65-54-31-16-12-27-46(54)48-34-33-47-45-26-11-15-30-53(45)64(55(47)56(48)65)52-29-14-10-24-43(52)41-23-17-22-40(36-41)38-18-5-3-6-19-38/h3-37H,1-2H3. The van der Waals surface area contributed by atoms with E-state index in [-0.39, 0.29) is 5.41 Å². The number of para-hydroxylation sites is 3. The van der Waals surface area contributed by atoms with Crippen LogP contribution in [0.5, 0.6) is 0 Å². The molecule has 12 aromatic rings. The molecular formula is C60H41N5. The zero-order valence-electron chi connectivity index (χ0n) is 35.9. The first-order valence-electron chi connectivity index (χ1n) is 22.3. The highest BCUT2D eigenvalue weighted by atomic mass is 15.2. The van der Waals surface area contributed by atoms with Gasteiger partial charge in [0.1, 0.15) is 0 Å². The van der Waals surface area contributed by atoms with Crippen molar-refractivity contribution in [1.82, 2.24) is 24.1 Å². The van der Waals surface area contributed by atoms with E-state index in [9.17, 15) is 0 Å². The van der Waals surface area contributed by atoms with Crippen molar-refractivity contribution in [3.8, 4) is 67.8 Å². The molecule has 306 valence electrons. The predicted octanol–water partition coefficient (Wildman–Crippen LogP) is 15.0. The molecule has 0 bridgehead atoms. The Labute approximate surface area is 376 Å². The molecule has 3 heterocycles. The van der Waals surface area contributed by atoms with Gasteiger partial charge in [0.05, 0.1) is 27.8 Å². The van der Waals surface area contributed by atoms with Crippen molar-refractivity contribution < 1.29 is 0 Å². The third-order valence-corrected chi connectivity index (χ3v) is 13.6. The molecule has 1 aliphatic carbocycles. The SMILES string of the molecule is CC1(C)c2ccccc2-c2cc(-c3nc(-c4ccccc4)nc(-n4c5ccccc5c5ccc6c7ccccc7n(-c7ccccc7-c7cccc(-c8ccccc8)c7)c6c54)n3)ccc21. The van der Waals surface area contributed by atoms with Crippen molar-refractivity contribution in [3.63, 3.8) is 0 Å². The highest BCUT2D eigenvalue weighted by molar-refractivity contribution is 6.24. The molecule has 0 saturated carbocycles. The van der Waals surface area contributed by atoms with Crippen LogP contribution in [0.15, 0.2) is 212 Å². The number of benzene rings is 9. The maximum absolute atomic E-state index is 5.49. The first-order chi connectivity index (χ1) is 32.0. The van der Waals surface area contributed by atoms with Gasteiger partial charge in [-0.15, -0.1) is 0 Å². The van der Waals surface area contributed by atoms with Crippen LogP contribution in [0, 0.1) is 0 Å².